The number of aromatic nitrogens is 1. The van der Waals surface area contributed by atoms with E-state index in [-0.39, 0.29) is 0 Å². The molecule has 0 radical (unpaired) electrons. The number of benzene rings is 1. The van der Waals surface area contributed by atoms with E-state index in [1.807, 2.05) is 12.3 Å². The summed E-state index contributed by atoms with van der Waals surface area (Å²) in [5, 5.41) is 2.89. The first-order chi connectivity index (χ1) is 5.77. The van der Waals surface area contributed by atoms with E-state index in [9.17, 15) is 0 Å². The van der Waals surface area contributed by atoms with Gasteiger partial charge >= 0.3 is 0 Å². The minimum absolute atomic E-state index is 0.719. The summed E-state index contributed by atoms with van der Waals surface area (Å²) in [6.07, 6.45) is 3.49. The summed E-state index contributed by atoms with van der Waals surface area (Å²) in [5.74, 6) is 0. The number of halogens is 1. The summed E-state index contributed by atoms with van der Waals surface area (Å²) < 4.78 is 0. The third-order valence-electron chi connectivity index (χ3n) is 1.87. The first-order valence-corrected chi connectivity index (χ1v) is 4.15. The first-order valence-electron chi connectivity index (χ1n) is 3.77. The van der Waals surface area contributed by atoms with Gasteiger partial charge in [0.1, 0.15) is 0 Å². The molecule has 60 valence electrons. The molecule has 0 saturated heterocycles. The molecule has 0 saturated carbocycles. The van der Waals surface area contributed by atoms with Crippen LogP contribution in [0.5, 0.6) is 0 Å². The highest BCUT2D eigenvalue weighted by molar-refractivity contribution is 6.35. The maximum absolute atomic E-state index is 5.97. The average Bonchev–Trinajstić information content (AvgIpc) is 2.07. The Morgan fingerprint density at radius 3 is 2.92 bits per heavy atom. The van der Waals surface area contributed by atoms with Crippen LogP contribution < -0.4 is 0 Å². The Bertz CT molecular complexity index is 423. The standard InChI is InChI=1S/C10H8ClN/c1-7-2-3-8-5-12-6-10(11)9(8)4-7/h2-6H,1H3. The minimum Gasteiger partial charge on any atom is -0.263 e. The van der Waals surface area contributed by atoms with Crippen LogP contribution in [-0.2, 0) is 0 Å². The summed E-state index contributed by atoms with van der Waals surface area (Å²) in [5.41, 5.74) is 1.22. The Hall–Kier alpha value is -1.08. The number of aryl methyl sites for hydroxylation is 1. The van der Waals surface area contributed by atoms with Crippen molar-refractivity contribution >= 4 is 22.4 Å². The highest BCUT2D eigenvalue weighted by atomic mass is 35.5. The van der Waals surface area contributed by atoms with Crippen LogP contribution in [0.25, 0.3) is 10.8 Å². The lowest BCUT2D eigenvalue weighted by Gasteiger charge is -1.99. The quantitative estimate of drug-likeness (QED) is 0.602. The monoisotopic (exact) mass is 177 g/mol. The molecule has 12 heavy (non-hydrogen) atoms. The number of rotatable bonds is 0. The Kier molecular flexibility index (Phi) is 1.74. The normalized spacial score (nSPS) is 10.5. The molecule has 0 atom stereocenters. The molecule has 0 bridgehead atoms. The molecule has 2 rings (SSSR count). The topological polar surface area (TPSA) is 12.9 Å². The molecule has 0 spiro atoms. The number of hydrogen-bond donors (Lipinski definition) is 0. The van der Waals surface area contributed by atoms with Crippen LogP contribution in [0, 0.1) is 6.92 Å². The molecule has 2 heteroatoms. The van der Waals surface area contributed by atoms with Crippen LogP contribution in [0.15, 0.2) is 30.6 Å². The zero-order valence-corrected chi connectivity index (χ0v) is 7.47. The van der Waals surface area contributed by atoms with Crippen molar-refractivity contribution in [3.8, 4) is 0 Å². The lowest BCUT2D eigenvalue weighted by molar-refractivity contribution is 1.36. The molecular formula is C10H8ClN. The predicted octanol–water partition coefficient (Wildman–Crippen LogP) is 3.20. The van der Waals surface area contributed by atoms with Gasteiger partial charge in [0, 0.05) is 23.2 Å². The fourth-order valence-corrected chi connectivity index (χ4v) is 1.46. The van der Waals surface area contributed by atoms with Gasteiger partial charge in [0.05, 0.1) is 5.02 Å². The van der Waals surface area contributed by atoms with Gasteiger partial charge in [-0.25, -0.2) is 0 Å². The highest BCUT2D eigenvalue weighted by Gasteiger charge is 1.97. The third-order valence-corrected chi connectivity index (χ3v) is 2.17. The first kappa shape index (κ1) is 7.56. The maximum Gasteiger partial charge on any atom is 0.0667 e. The van der Waals surface area contributed by atoms with E-state index >= 15 is 0 Å². The maximum atomic E-state index is 5.97. The second-order valence-corrected chi connectivity index (χ2v) is 3.25. The van der Waals surface area contributed by atoms with E-state index in [0.717, 1.165) is 15.8 Å². The van der Waals surface area contributed by atoms with Crippen molar-refractivity contribution in [2.45, 2.75) is 6.92 Å². The van der Waals surface area contributed by atoms with Crippen molar-refractivity contribution in [1.82, 2.24) is 4.98 Å². The van der Waals surface area contributed by atoms with Gasteiger partial charge in [0.15, 0.2) is 0 Å². The van der Waals surface area contributed by atoms with E-state index in [2.05, 4.69) is 24.0 Å². The number of pyridine rings is 1. The molecule has 0 aliphatic heterocycles. The number of nitrogens with zero attached hydrogens (tertiary/aromatic N) is 1. The molecule has 0 unspecified atom stereocenters. The average molecular weight is 178 g/mol. The fraction of sp³-hybridized carbons (Fsp3) is 0.100. The Labute approximate surface area is 76.0 Å². The van der Waals surface area contributed by atoms with Crippen LogP contribution >= 0.6 is 11.6 Å². The van der Waals surface area contributed by atoms with Crippen LogP contribution in [-0.4, -0.2) is 4.98 Å². The van der Waals surface area contributed by atoms with Crippen molar-refractivity contribution in [1.29, 1.82) is 0 Å². The Morgan fingerprint density at radius 2 is 2.08 bits per heavy atom. The van der Waals surface area contributed by atoms with E-state index in [1.165, 1.54) is 5.56 Å². The molecule has 1 aromatic carbocycles. The van der Waals surface area contributed by atoms with Crippen LogP contribution in [0.2, 0.25) is 5.02 Å². The van der Waals surface area contributed by atoms with Crippen molar-refractivity contribution in [3.63, 3.8) is 0 Å². The molecule has 0 N–H and O–H groups in total. The van der Waals surface area contributed by atoms with Gasteiger partial charge in [-0.3, -0.25) is 4.98 Å². The Balaban J connectivity index is 2.88. The van der Waals surface area contributed by atoms with Gasteiger partial charge in [-0.1, -0.05) is 29.3 Å². The largest absolute Gasteiger partial charge is 0.263 e. The molecular weight excluding hydrogens is 170 g/mol. The van der Waals surface area contributed by atoms with Gasteiger partial charge in [-0.2, -0.15) is 0 Å². The van der Waals surface area contributed by atoms with Gasteiger partial charge in [0.2, 0.25) is 0 Å². The number of hydrogen-bond acceptors (Lipinski definition) is 1. The number of fused-ring (bicyclic) bond motifs is 1. The SMILES string of the molecule is Cc1ccc2cncc(Cl)c2c1. The molecule has 0 aliphatic carbocycles. The molecule has 2 aromatic rings. The summed E-state index contributed by atoms with van der Waals surface area (Å²) in [6.45, 7) is 2.05. The van der Waals surface area contributed by atoms with Crippen molar-refractivity contribution in [2.24, 2.45) is 0 Å². The molecule has 0 amide bonds. The smallest absolute Gasteiger partial charge is 0.0667 e. The van der Waals surface area contributed by atoms with Crippen molar-refractivity contribution in [3.05, 3.63) is 41.2 Å². The van der Waals surface area contributed by atoms with Gasteiger partial charge in [-0.05, 0) is 13.0 Å². The van der Waals surface area contributed by atoms with E-state index in [0.29, 0.717) is 0 Å². The van der Waals surface area contributed by atoms with Crippen molar-refractivity contribution < 1.29 is 0 Å². The van der Waals surface area contributed by atoms with E-state index in [1.54, 1.807) is 6.20 Å². The third kappa shape index (κ3) is 1.16. The lowest BCUT2D eigenvalue weighted by atomic mass is 10.1. The molecule has 0 aliphatic rings. The second kappa shape index (κ2) is 2.76. The minimum atomic E-state index is 0.719. The predicted molar refractivity (Wildman–Crippen MR) is 51.5 cm³/mol. The van der Waals surface area contributed by atoms with E-state index in [4.69, 9.17) is 11.6 Å². The highest BCUT2D eigenvalue weighted by Crippen LogP contribution is 2.22. The van der Waals surface area contributed by atoms with Crippen LogP contribution in [0.3, 0.4) is 0 Å². The summed E-state index contributed by atoms with van der Waals surface area (Å²) >= 11 is 5.97. The van der Waals surface area contributed by atoms with Gasteiger partial charge in [0.25, 0.3) is 0 Å². The zero-order chi connectivity index (χ0) is 8.55. The van der Waals surface area contributed by atoms with Gasteiger partial charge in [-0.15, -0.1) is 0 Å². The molecule has 1 heterocycles. The van der Waals surface area contributed by atoms with Crippen LogP contribution in [0.4, 0.5) is 0 Å². The zero-order valence-electron chi connectivity index (χ0n) is 6.71. The van der Waals surface area contributed by atoms with Crippen molar-refractivity contribution in [2.75, 3.05) is 0 Å². The molecule has 0 fully saturated rings. The van der Waals surface area contributed by atoms with Crippen LogP contribution in [0.1, 0.15) is 5.56 Å². The Morgan fingerprint density at radius 1 is 1.25 bits per heavy atom. The summed E-state index contributed by atoms with van der Waals surface area (Å²) in [6, 6.07) is 6.16. The molecule has 1 nitrogen and oxygen atoms in total. The fourth-order valence-electron chi connectivity index (χ4n) is 1.24. The lowest BCUT2D eigenvalue weighted by Crippen LogP contribution is -1.78. The summed E-state index contributed by atoms with van der Waals surface area (Å²) in [4.78, 5) is 4.01. The van der Waals surface area contributed by atoms with Gasteiger partial charge < -0.3 is 0 Å². The summed E-state index contributed by atoms with van der Waals surface area (Å²) in [7, 11) is 0. The molecule has 1 aromatic heterocycles. The van der Waals surface area contributed by atoms with E-state index < -0.39 is 0 Å². The second-order valence-electron chi connectivity index (χ2n) is 2.85.